The second kappa shape index (κ2) is 5.28. The van der Waals surface area contributed by atoms with E-state index in [0.717, 1.165) is 12.1 Å². The van der Waals surface area contributed by atoms with E-state index in [2.05, 4.69) is 4.74 Å². The van der Waals surface area contributed by atoms with Gasteiger partial charge in [-0.25, -0.2) is 0 Å². The van der Waals surface area contributed by atoms with Crippen LogP contribution >= 0.6 is 0 Å². The zero-order valence-corrected chi connectivity index (χ0v) is 9.77. The lowest BCUT2D eigenvalue weighted by Gasteiger charge is -2.24. The van der Waals surface area contributed by atoms with Crippen molar-refractivity contribution in [2.45, 2.75) is 31.9 Å². The molecule has 0 radical (unpaired) electrons. The van der Waals surface area contributed by atoms with E-state index in [1.807, 2.05) is 0 Å². The second-order valence-electron chi connectivity index (χ2n) is 3.87. The molecule has 0 aliphatic rings. The Morgan fingerprint density at radius 1 is 1.11 bits per heavy atom. The Morgan fingerprint density at radius 2 is 1.63 bits per heavy atom. The van der Waals surface area contributed by atoms with E-state index in [1.165, 1.54) is 13.0 Å². The maximum Gasteiger partial charge on any atom is 0.434 e. The van der Waals surface area contributed by atoms with Crippen LogP contribution in [-0.4, -0.2) is 18.5 Å². The molecule has 0 bridgehead atoms. The SMILES string of the molecule is Cc1cc(OC(C(F)(F)F)C(F)(F)F)ccc1CN. The van der Waals surface area contributed by atoms with Crippen LogP contribution in [0.2, 0.25) is 0 Å². The number of rotatable bonds is 3. The van der Waals surface area contributed by atoms with Gasteiger partial charge in [-0.1, -0.05) is 6.07 Å². The fraction of sp³-hybridized carbons (Fsp3) is 0.455. The Hall–Kier alpha value is -1.44. The molecule has 8 heteroatoms. The third kappa shape index (κ3) is 4.02. The highest BCUT2D eigenvalue weighted by Gasteiger charge is 2.59. The van der Waals surface area contributed by atoms with E-state index in [-0.39, 0.29) is 6.54 Å². The summed E-state index contributed by atoms with van der Waals surface area (Å²) < 4.78 is 77.7. The Labute approximate surface area is 105 Å². The maximum absolute atomic E-state index is 12.3. The Bertz CT molecular complexity index is 426. The molecule has 0 atom stereocenters. The third-order valence-corrected chi connectivity index (χ3v) is 2.38. The second-order valence-corrected chi connectivity index (χ2v) is 3.87. The van der Waals surface area contributed by atoms with E-state index >= 15 is 0 Å². The van der Waals surface area contributed by atoms with Gasteiger partial charge in [-0.3, -0.25) is 0 Å². The van der Waals surface area contributed by atoms with E-state index in [1.54, 1.807) is 0 Å². The summed E-state index contributed by atoms with van der Waals surface area (Å²) in [5.74, 6) is -0.505. The molecule has 108 valence electrons. The van der Waals surface area contributed by atoms with Crippen LogP contribution in [0.5, 0.6) is 5.75 Å². The Balaban J connectivity index is 3.01. The van der Waals surface area contributed by atoms with Gasteiger partial charge < -0.3 is 10.5 Å². The molecular weight excluding hydrogens is 276 g/mol. The maximum atomic E-state index is 12.3. The Morgan fingerprint density at radius 3 is 2.00 bits per heavy atom. The van der Waals surface area contributed by atoms with Gasteiger partial charge in [-0.05, 0) is 30.2 Å². The standard InChI is InChI=1S/C11H11F6NO/c1-6-4-8(3-2-7(6)5-18)19-9(10(12,13)14)11(15,16)17/h2-4,9H,5,18H2,1H3. The minimum atomic E-state index is -5.53. The molecule has 0 heterocycles. The van der Waals surface area contributed by atoms with E-state index in [0.29, 0.717) is 11.1 Å². The lowest BCUT2D eigenvalue weighted by Crippen LogP contribution is -2.46. The molecular formula is C11H11F6NO. The average molecular weight is 287 g/mol. The predicted molar refractivity (Wildman–Crippen MR) is 55.6 cm³/mol. The summed E-state index contributed by atoms with van der Waals surface area (Å²) >= 11 is 0. The summed E-state index contributed by atoms with van der Waals surface area (Å²) in [6, 6.07) is 3.45. The number of aryl methyl sites for hydroxylation is 1. The van der Waals surface area contributed by atoms with Crippen LogP contribution in [0, 0.1) is 6.92 Å². The summed E-state index contributed by atoms with van der Waals surface area (Å²) in [6.07, 6.45) is -14.9. The molecule has 0 spiro atoms. The predicted octanol–water partition coefficient (Wildman–Crippen LogP) is 3.33. The molecule has 0 saturated heterocycles. The third-order valence-electron chi connectivity index (χ3n) is 2.38. The van der Waals surface area contributed by atoms with Gasteiger partial charge in [-0.15, -0.1) is 0 Å². The fourth-order valence-electron chi connectivity index (χ4n) is 1.43. The summed E-state index contributed by atoms with van der Waals surface area (Å²) in [5, 5.41) is 0. The van der Waals surface area contributed by atoms with Crippen LogP contribution in [0.1, 0.15) is 11.1 Å². The molecule has 1 aromatic carbocycles. The number of ether oxygens (including phenoxy) is 1. The van der Waals surface area contributed by atoms with Gasteiger partial charge in [0, 0.05) is 6.54 Å². The monoisotopic (exact) mass is 287 g/mol. The first-order valence-corrected chi connectivity index (χ1v) is 5.15. The molecule has 1 aromatic rings. The molecule has 0 aliphatic carbocycles. The largest absolute Gasteiger partial charge is 0.471 e. The molecule has 1 rings (SSSR count). The zero-order chi connectivity index (χ0) is 14.8. The number of alkyl halides is 6. The number of benzene rings is 1. The van der Waals surface area contributed by atoms with Crippen molar-refractivity contribution in [3.05, 3.63) is 29.3 Å². The quantitative estimate of drug-likeness (QED) is 0.865. The van der Waals surface area contributed by atoms with Crippen LogP contribution < -0.4 is 10.5 Å². The average Bonchev–Trinajstić information content (AvgIpc) is 2.23. The van der Waals surface area contributed by atoms with Crippen molar-refractivity contribution in [1.82, 2.24) is 0 Å². The van der Waals surface area contributed by atoms with E-state index in [4.69, 9.17) is 5.73 Å². The first-order valence-electron chi connectivity index (χ1n) is 5.15. The lowest BCUT2D eigenvalue weighted by molar-refractivity contribution is -0.299. The van der Waals surface area contributed by atoms with Crippen molar-refractivity contribution in [3.8, 4) is 5.75 Å². The smallest absolute Gasteiger partial charge is 0.434 e. The lowest BCUT2D eigenvalue weighted by atomic mass is 10.1. The van der Waals surface area contributed by atoms with Crippen LogP contribution in [0.25, 0.3) is 0 Å². The van der Waals surface area contributed by atoms with Gasteiger partial charge in [0.1, 0.15) is 5.75 Å². The summed E-state index contributed by atoms with van der Waals surface area (Å²) in [4.78, 5) is 0. The highest BCUT2D eigenvalue weighted by molar-refractivity contribution is 5.34. The van der Waals surface area contributed by atoms with Crippen molar-refractivity contribution >= 4 is 0 Å². The molecule has 19 heavy (non-hydrogen) atoms. The Kier molecular flexibility index (Phi) is 4.34. The van der Waals surface area contributed by atoms with Crippen LogP contribution in [-0.2, 0) is 6.54 Å². The minimum Gasteiger partial charge on any atom is -0.471 e. The highest BCUT2D eigenvalue weighted by atomic mass is 19.4. The van der Waals surface area contributed by atoms with Gasteiger partial charge in [-0.2, -0.15) is 26.3 Å². The summed E-state index contributed by atoms with van der Waals surface area (Å²) in [6.45, 7) is 1.65. The number of nitrogens with two attached hydrogens (primary N) is 1. The molecule has 0 amide bonds. The van der Waals surface area contributed by atoms with Crippen molar-refractivity contribution in [2.75, 3.05) is 0 Å². The van der Waals surface area contributed by atoms with Gasteiger partial charge in [0.15, 0.2) is 0 Å². The first-order chi connectivity index (χ1) is 8.55. The van der Waals surface area contributed by atoms with Gasteiger partial charge in [0.2, 0.25) is 0 Å². The van der Waals surface area contributed by atoms with Crippen LogP contribution in [0.15, 0.2) is 18.2 Å². The van der Waals surface area contributed by atoms with E-state index < -0.39 is 24.2 Å². The molecule has 0 unspecified atom stereocenters. The number of hydrogen-bond acceptors (Lipinski definition) is 2. The van der Waals surface area contributed by atoms with Crippen molar-refractivity contribution in [2.24, 2.45) is 5.73 Å². The van der Waals surface area contributed by atoms with E-state index in [9.17, 15) is 26.3 Å². The molecule has 0 aromatic heterocycles. The molecule has 2 N–H and O–H groups in total. The van der Waals surface area contributed by atoms with Crippen molar-refractivity contribution in [1.29, 1.82) is 0 Å². The van der Waals surface area contributed by atoms with Crippen LogP contribution in [0.4, 0.5) is 26.3 Å². The minimum absolute atomic E-state index is 0.133. The summed E-state index contributed by atoms with van der Waals surface area (Å²) in [7, 11) is 0. The molecule has 0 fully saturated rings. The highest BCUT2D eigenvalue weighted by Crippen LogP contribution is 2.36. The van der Waals surface area contributed by atoms with Gasteiger partial charge >= 0.3 is 12.4 Å². The fourth-order valence-corrected chi connectivity index (χ4v) is 1.43. The van der Waals surface area contributed by atoms with Gasteiger partial charge in [0.05, 0.1) is 0 Å². The normalized spacial score (nSPS) is 12.9. The molecule has 2 nitrogen and oxygen atoms in total. The van der Waals surface area contributed by atoms with Crippen LogP contribution in [0.3, 0.4) is 0 Å². The topological polar surface area (TPSA) is 35.2 Å². The van der Waals surface area contributed by atoms with Gasteiger partial charge in [0.25, 0.3) is 6.10 Å². The number of halogens is 6. The van der Waals surface area contributed by atoms with Crippen molar-refractivity contribution in [3.63, 3.8) is 0 Å². The number of hydrogen-bond donors (Lipinski definition) is 1. The zero-order valence-electron chi connectivity index (χ0n) is 9.77. The summed E-state index contributed by atoms with van der Waals surface area (Å²) in [5.41, 5.74) is 6.41. The van der Waals surface area contributed by atoms with Crippen molar-refractivity contribution < 1.29 is 31.1 Å². The first kappa shape index (κ1) is 15.6. The molecule has 0 saturated carbocycles. The molecule has 0 aliphatic heterocycles.